The summed E-state index contributed by atoms with van der Waals surface area (Å²) in [6.45, 7) is 3.11. The zero-order valence-electron chi connectivity index (χ0n) is 25.3. The van der Waals surface area contributed by atoms with Crippen molar-refractivity contribution >= 4 is 29.8 Å². The summed E-state index contributed by atoms with van der Waals surface area (Å²) in [5.74, 6) is -3.42. The highest BCUT2D eigenvalue weighted by Gasteiger charge is 2.48. The fourth-order valence-electron chi connectivity index (χ4n) is 6.31. The van der Waals surface area contributed by atoms with E-state index in [4.69, 9.17) is 23.7 Å². The predicted molar refractivity (Wildman–Crippen MR) is 160 cm³/mol. The summed E-state index contributed by atoms with van der Waals surface area (Å²) in [5.41, 5.74) is -0.176. The number of benzene rings is 2. The highest BCUT2D eigenvalue weighted by molar-refractivity contribution is 7.98. The number of halogens is 2. The molecule has 1 aromatic heterocycles. The van der Waals surface area contributed by atoms with Crippen LogP contribution in [0.25, 0.3) is 0 Å². The maximum Gasteiger partial charge on any atom is 0.512 e. The Kier molecular flexibility index (Phi) is 7.83. The first-order valence-electron chi connectivity index (χ1n) is 14.8. The molecular weight excluding hydrogens is 640 g/mol. The first-order valence-corrected chi connectivity index (χ1v) is 15.8. The van der Waals surface area contributed by atoms with Crippen molar-refractivity contribution in [2.24, 2.45) is 5.41 Å². The highest BCUT2D eigenvalue weighted by atomic mass is 32.2. The maximum absolute atomic E-state index is 15.4. The number of amides is 1. The van der Waals surface area contributed by atoms with Crippen molar-refractivity contribution in [3.8, 4) is 5.75 Å². The Labute approximate surface area is 271 Å². The summed E-state index contributed by atoms with van der Waals surface area (Å²) in [6.07, 6.45) is -1.72. The second kappa shape index (κ2) is 11.9. The molecule has 2 aromatic carbocycles. The molecule has 3 atom stereocenters. The molecule has 47 heavy (non-hydrogen) atoms. The van der Waals surface area contributed by atoms with Gasteiger partial charge >= 0.3 is 12.1 Å². The largest absolute Gasteiger partial charge is 0.512 e. The van der Waals surface area contributed by atoms with Crippen LogP contribution in [0.1, 0.15) is 47.1 Å². The van der Waals surface area contributed by atoms with Crippen molar-refractivity contribution in [1.82, 2.24) is 9.58 Å². The van der Waals surface area contributed by atoms with E-state index in [1.54, 1.807) is 18.9 Å². The van der Waals surface area contributed by atoms with Crippen LogP contribution >= 0.6 is 11.8 Å². The monoisotopic (exact) mass is 669 g/mol. The lowest BCUT2D eigenvalue weighted by Gasteiger charge is -2.51. The van der Waals surface area contributed by atoms with Crippen molar-refractivity contribution in [1.29, 1.82) is 0 Å². The third kappa shape index (κ3) is 5.26. The Morgan fingerprint density at radius 2 is 1.89 bits per heavy atom. The summed E-state index contributed by atoms with van der Waals surface area (Å²) in [6, 6.07) is 10.5. The normalized spacial score (nSPS) is 22.7. The quantitative estimate of drug-likeness (QED) is 0.292. The van der Waals surface area contributed by atoms with Crippen LogP contribution in [0.15, 0.2) is 58.4 Å². The molecule has 4 aliphatic rings. The standard InChI is InChI=1S/C32H29F2N3O9S/c1-32(2)15-43-30(40)28(32)46-31(41)45-16-44-27-21(38)9-10-36-26(27)29(39)35-11-12-42-13-23(35)37(36)25-17-7-8-20(33)24(34)19(17)14-47-22-6-4-3-5-18(22)25/h3-10,23,25,28H,11-16H2,1-2H3/t23-,25+,28-/m1/s1. The molecule has 7 rings (SSSR count). The minimum Gasteiger partial charge on any atom is -0.462 e. The minimum atomic E-state index is -1.23. The first-order chi connectivity index (χ1) is 22.6. The van der Waals surface area contributed by atoms with Crippen LogP contribution in [0.3, 0.4) is 0 Å². The number of carbonyl (C=O) groups excluding carboxylic acids is 3. The van der Waals surface area contributed by atoms with Gasteiger partial charge in [0.25, 0.3) is 5.91 Å². The van der Waals surface area contributed by atoms with E-state index in [0.29, 0.717) is 5.56 Å². The van der Waals surface area contributed by atoms with Gasteiger partial charge in [0.1, 0.15) is 12.8 Å². The number of fused-ring (bicyclic) bond motifs is 4. The van der Waals surface area contributed by atoms with Gasteiger partial charge in [-0.05, 0) is 23.3 Å². The third-order valence-electron chi connectivity index (χ3n) is 8.64. The summed E-state index contributed by atoms with van der Waals surface area (Å²) in [4.78, 5) is 54.1. The van der Waals surface area contributed by atoms with E-state index in [1.165, 1.54) is 39.7 Å². The summed E-state index contributed by atoms with van der Waals surface area (Å²) in [5, 5.41) is 1.80. The fraction of sp³-hybridized carbons (Fsp3) is 0.375. The molecule has 0 aliphatic carbocycles. The topological polar surface area (TPSA) is 126 Å². The molecule has 0 bridgehead atoms. The number of pyridine rings is 1. The van der Waals surface area contributed by atoms with Crippen LogP contribution in [0, 0.1) is 17.0 Å². The molecule has 0 radical (unpaired) electrons. The van der Waals surface area contributed by atoms with Crippen LogP contribution in [-0.2, 0) is 29.5 Å². The lowest BCUT2D eigenvalue weighted by molar-refractivity contribution is -0.147. The molecule has 2 fully saturated rings. The van der Waals surface area contributed by atoms with Crippen LogP contribution in [0.4, 0.5) is 13.6 Å². The number of cyclic esters (lactones) is 1. The molecular formula is C32H29F2N3O9S. The molecule has 0 spiro atoms. The zero-order chi connectivity index (χ0) is 33.0. The van der Waals surface area contributed by atoms with Crippen LogP contribution in [0.5, 0.6) is 5.75 Å². The number of carbonyl (C=O) groups is 3. The zero-order valence-corrected chi connectivity index (χ0v) is 26.1. The summed E-state index contributed by atoms with van der Waals surface area (Å²) in [7, 11) is 0. The number of ether oxygens (including phenoxy) is 5. The van der Waals surface area contributed by atoms with Crippen molar-refractivity contribution in [2.45, 2.75) is 42.8 Å². The van der Waals surface area contributed by atoms with Gasteiger partial charge < -0.3 is 28.6 Å². The van der Waals surface area contributed by atoms with Gasteiger partial charge in [0.05, 0.1) is 19.3 Å². The lowest BCUT2D eigenvalue weighted by Crippen LogP contribution is -2.66. The van der Waals surface area contributed by atoms with E-state index in [1.807, 2.05) is 24.3 Å². The average Bonchev–Trinajstić information content (AvgIpc) is 3.21. The van der Waals surface area contributed by atoms with E-state index in [9.17, 15) is 23.6 Å². The Bertz CT molecular complexity index is 1850. The number of morpholine rings is 1. The molecule has 246 valence electrons. The van der Waals surface area contributed by atoms with Crippen molar-refractivity contribution in [3.05, 3.63) is 92.9 Å². The number of rotatable bonds is 5. The lowest BCUT2D eigenvalue weighted by atomic mass is 9.90. The average molecular weight is 670 g/mol. The molecule has 4 aliphatic heterocycles. The van der Waals surface area contributed by atoms with E-state index in [0.717, 1.165) is 16.5 Å². The molecule has 0 saturated carbocycles. The molecule has 3 aromatic rings. The van der Waals surface area contributed by atoms with Gasteiger partial charge in [-0.2, -0.15) is 0 Å². The van der Waals surface area contributed by atoms with E-state index in [2.05, 4.69) is 0 Å². The number of thioether (sulfide) groups is 1. The number of hydrogen-bond donors (Lipinski definition) is 0. The predicted octanol–water partition coefficient (Wildman–Crippen LogP) is 3.71. The van der Waals surface area contributed by atoms with E-state index >= 15 is 4.39 Å². The Hall–Kier alpha value is -4.63. The highest BCUT2D eigenvalue weighted by Crippen LogP contribution is 2.45. The van der Waals surface area contributed by atoms with Gasteiger partial charge in [-0.15, -0.1) is 11.8 Å². The van der Waals surface area contributed by atoms with Crippen LogP contribution in [0.2, 0.25) is 0 Å². The fourth-order valence-corrected chi connectivity index (χ4v) is 7.43. The Morgan fingerprint density at radius 1 is 1.09 bits per heavy atom. The minimum absolute atomic E-state index is 0.0601. The summed E-state index contributed by atoms with van der Waals surface area (Å²) < 4.78 is 58.0. The van der Waals surface area contributed by atoms with Gasteiger partial charge in [-0.3, -0.25) is 19.3 Å². The smallest absolute Gasteiger partial charge is 0.462 e. The summed E-state index contributed by atoms with van der Waals surface area (Å²) >= 11 is 1.37. The van der Waals surface area contributed by atoms with Gasteiger partial charge in [-0.25, -0.2) is 18.4 Å². The van der Waals surface area contributed by atoms with Crippen molar-refractivity contribution in [3.63, 3.8) is 0 Å². The molecule has 2 saturated heterocycles. The van der Waals surface area contributed by atoms with Gasteiger partial charge in [0.2, 0.25) is 24.1 Å². The number of hydrogen-bond acceptors (Lipinski definition) is 11. The SMILES string of the molecule is CC1(C)COC(=O)[C@H]1OC(=O)OCOc1c2n(ccc1=O)N([C@@H]1c3ccccc3SCc3c1ccc(F)c3F)[C@@H]1COCCN1C2=O. The third-order valence-corrected chi connectivity index (χ3v) is 9.75. The van der Waals surface area contributed by atoms with Crippen molar-refractivity contribution in [2.75, 3.05) is 38.2 Å². The number of nitrogens with zero attached hydrogens (tertiary/aromatic N) is 3. The molecule has 5 heterocycles. The number of aromatic nitrogens is 1. The Morgan fingerprint density at radius 3 is 2.68 bits per heavy atom. The van der Waals surface area contributed by atoms with Crippen molar-refractivity contribution < 1.29 is 46.8 Å². The first kappa shape index (κ1) is 31.0. The van der Waals surface area contributed by atoms with Gasteiger partial charge in [0.15, 0.2) is 17.3 Å². The van der Waals surface area contributed by atoms with Gasteiger partial charge in [-0.1, -0.05) is 38.1 Å². The van der Waals surface area contributed by atoms with E-state index < -0.39 is 71.4 Å². The van der Waals surface area contributed by atoms with Crippen LogP contribution < -0.4 is 15.2 Å². The molecule has 12 nitrogen and oxygen atoms in total. The maximum atomic E-state index is 15.4. The Balaban J connectivity index is 1.29. The second-order valence-electron chi connectivity index (χ2n) is 12.0. The van der Waals surface area contributed by atoms with E-state index in [-0.39, 0.29) is 43.4 Å². The second-order valence-corrected chi connectivity index (χ2v) is 13.1. The van der Waals surface area contributed by atoms with Crippen LogP contribution in [-0.4, -0.2) is 73.0 Å². The molecule has 15 heteroatoms. The molecule has 1 amide bonds. The van der Waals surface area contributed by atoms with Gasteiger partial charge in [0, 0.05) is 40.4 Å². The molecule has 0 unspecified atom stereocenters. The molecule has 0 N–H and O–H groups in total. The number of esters is 1.